The SMILES string of the molecule is CC#CC(=O)N1CCC(N2CC(c3cc4c(c(C)n3)O[C@H](C)c3c(N5CCOCC5)ccnc3N4)C2)CC1. The molecule has 200 valence electrons. The van der Waals surface area contributed by atoms with Gasteiger partial charge in [-0.05, 0) is 51.7 Å². The molecule has 0 saturated carbocycles. The lowest BCUT2D eigenvalue weighted by atomic mass is 9.90. The molecule has 2 aromatic rings. The van der Waals surface area contributed by atoms with Crippen LogP contribution in [-0.4, -0.2) is 84.2 Å². The standard InChI is InChI=1S/C29H36N6O3/c1-4-5-26(36)34-10-7-22(8-11-34)35-17-21(18-35)23-16-24-28(19(2)31-23)38-20(3)27-25(6-9-30-29(27)32-24)33-12-14-37-15-13-33/h6,9,16,20-22H,7-8,10-15,17-18H2,1-3H3,(H,30,32)/t20-/m1/s1. The number of anilines is 3. The molecule has 4 aliphatic heterocycles. The number of aromatic nitrogens is 2. The first kappa shape index (κ1) is 25.0. The monoisotopic (exact) mass is 516 g/mol. The maximum atomic E-state index is 12.1. The maximum Gasteiger partial charge on any atom is 0.298 e. The van der Waals surface area contributed by atoms with Gasteiger partial charge in [0.05, 0.1) is 30.2 Å². The van der Waals surface area contributed by atoms with E-state index in [0.717, 1.165) is 105 Å². The van der Waals surface area contributed by atoms with Crippen molar-refractivity contribution in [2.24, 2.45) is 0 Å². The van der Waals surface area contributed by atoms with Crippen LogP contribution in [0.2, 0.25) is 0 Å². The highest BCUT2D eigenvalue weighted by atomic mass is 16.5. The van der Waals surface area contributed by atoms with Gasteiger partial charge in [0.1, 0.15) is 11.9 Å². The van der Waals surface area contributed by atoms with Gasteiger partial charge in [-0.3, -0.25) is 14.7 Å². The molecule has 1 amide bonds. The van der Waals surface area contributed by atoms with Crippen LogP contribution in [-0.2, 0) is 9.53 Å². The summed E-state index contributed by atoms with van der Waals surface area (Å²) < 4.78 is 12.1. The molecule has 0 aromatic carbocycles. The highest BCUT2D eigenvalue weighted by Gasteiger charge is 2.37. The molecule has 6 heterocycles. The van der Waals surface area contributed by atoms with Crippen LogP contribution < -0.4 is 15.0 Å². The average molecular weight is 517 g/mol. The fraction of sp³-hybridized carbons (Fsp3) is 0.552. The molecule has 9 heteroatoms. The van der Waals surface area contributed by atoms with Crippen LogP contribution in [0.15, 0.2) is 18.3 Å². The molecule has 0 radical (unpaired) electrons. The van der Waals surface area contributed by atoms with Crippen molar-refractivity contribution in [2.75, 3.05) is 62.7 Å². The van der Waals surface area contributed by atoms with Gasteiger partial charge in [0.25, 0.3) is 5.91 Å². The summed E-state index contributed by atoms with van der Waals surface area (Å²) in [7, 11) is 0. The van der Waals surface area contributed by atoms with Crippen molar-refractivity contribution in [3.63, 3.8) is 0 Å². The van der Waals surface area contributed by atoms with Crippen LogP contribution in [0.4, 0.5) is 17.2 Å². The zero-order chi connectivity index (χ0) is 26.2. The van der Waals surface area contributed by atoms with Gasteiger partial charge in [-0.2, -0.15) is 0 Å². The summed E-state index contributed by atoms with van der Waals surface area (Å²) >= 11 is 0. The normalized spacial score (nSPS) is 22.1. The topological polar surface area (TPSA) is 83.1 Å². The van der Waals surface area contributed by atoms with Crippen molar-refractivity contribution < 1.29 is 14.3 Å². The largest absolute Gasteiger partial charge is 0.482 e. The second-order valence-corrected chi connectivity index (χ2v) is 10.6. The Labute approximate surface area is 224 Å². The molecule has 0 unspecified atom stereocenters. The van der Waals surface area contributed by atoms with Gasteiger partial charge in [-0.25, -0.2) is 4.98 Å². The highest BCUT2D eigenvalue weighted by molar-refractivity contribution is 5.93. The van der Waals surface area contributed by atoms with Gasteiger partial charge in [0.2, 0.25) is 0 Å². The van der Waals surface area contributed by atoms with E-state index in [4.69, 9.17) is 19.4 Å². The Morgan fingerprint density at radius 3 is 2.66 bits per heavy atom. The zero-order valence-corrected chi connectivity index (χ0v) is 22.5. The number of hydrogen-bond donors (Lipinski definition) is 1. The number of aryl methyl sites for hydroxylation is 1. The third-order valence-electron chi connectivity index (χ3n) is 8.26. The Kier molecular flexibility index (Phi) is 6.85. The smallest absolute Gasteiger partial charge is 0.298 e. The predicted molar refractivity (Wildman–Crippen MR) is 146 cm³/mol. The molecule has 1 atom stereocenters. The van der Waals surface area contributed by atoms with Crippen molar-refractivity contribution in [1.82, 2.24) is 19.8 Å². The molecular formula is C29H36N6O3. The predicted octanol–water partition coefficient (Wildman–Crippen LogP) is 3.23. The fourth-order valence-corrected chi connectivity index (χ4v) is 6.16. The van der Waals surface area contributed by atoms with Crippen LogP contribution in [0.5, 0.6) is 5.75 Å². The number of ether oxygens (including phenoxy) is 2. The van der Waals surface area contributed by atoms with Crippen LogP contribution in [0, 0.1) is 18.8 Å². The Morgan fingerprint density at radius 2 is 1.92 bits per heavy atom. The van der Waals surface area contributed by atoms with Gasteiger partial charge in [-0.1, -0.05) is 5.92 Å². The maximum absolute atomic E-state index is 12.1. The van der Waals surface area contributed by atoms with E-state index in [0.29, 0.717) is 12.0 Å². The number of rotatable bonds is 3. The Balaban J connectivity index is 1.16. The summed E-state index contributed by atoms with van der Waals surface area (Å²) in [5, 5.41) is 3.60. The number of carbonyl (C=O) groups excluding carboxylic acids is 1. The Hall–Kier alpha value is -3.35. The van der Waals surface area contributed by atoms with Crippen molar-refractivity contribution in [3.8, 4) is 17.6 Å². The van der Waals surface area contributed by atoms with E-state index in [-0.39, 0.29) is 12.0 Å². The second-order valence-electron chi connectivity index (χ2n) is 10.6. The number of pyridine rings is 2. The Morgan fingerprint density at radius 1 is 1.16 bits per heavy atom. The van der Waals surface area contributed by atoms with E-state index in [2.05, 4.69) is 46.0 Å². The first-order valence-electron chi connectivity index (χ1n) is 13.7. The number of piperidine rings is 1. The van der Waals surface area contributed by atoms with E-state index in [9.17, 15) is 4.79 Å². The highest BCUT2D eigenvalue weighted by Crippen LogP contribution is 2.44. The summed E-state index contributed by atoms with van der Waals surface area (Å²) in [6, 6.07) is 4.75. The van der Waals surface area contributed by atoms with Crippen molar-refractivity contribution >= 4 is 23.1 Å². The van der Waals surface area contributed by atoms with Gasteiger partial charge >= 0.3 is 0 Å². The average Bonchev–Trinajstić information content (AvgIpc) is 3.05. The van der Waals surface area contributed by atoms with E-state index in [1.54, 1.807) is 6.92 Å². The van der Waals surface area contributed by atoms with E-state index < -0.39 is 0 Å². The fourth-order valence-electron chi connectivity index (χ4n) is 6.16. The number of carbonyl (C=O) groups is 1. The second kappa shape index (κ2) is 10.4. The summed E-state index contributed by atoms with van der Waals surface area (Å²) in [5.74, 6) is 7.37. The summed E-state index contributed by atoms with van der Waals surface area (Å²) in [5.41, 5.74) is 5.17. The van der Waals surface area contributed by atoms with Gasteiger partial charge in [0.15, 0.2) is 5.75 Å². The van der Waals surface area contributed by atoms with Crippen molar-refractivity contribution in [3.05, 3.63) is 35.3 Å². The molecule has 0 aliphatic carbocycles. The minimum Gasteiger partial charge on any atom is -0.482 e. The van der Waals surface area contributed by atoms with Gasteiger partial charge in [-0.15, -0.1) is 0 Å². The molecule has 3 fully saturated rings. The summed E-state index contributed by atoms with van der Waals surface area (Å²) in [6.07, 6.45) is 3.72. The number of morpholine rings is 1. The molecular weight excluding hydrogens is 480 g/mol. The van der Waals surface area contributed by atoms with E-state index in [1.807, 2.05) is 18.0 Å². The zero-order valence-electron chi connectivity index (χ0n) is 22.5. The third kappa shape index (κ3) is 4.67. The number of fused-ring (bicyclic) bond motifs is 2. The molecule has 4 aliphatic rings. The van der Waals surface area contributed by atoms with Gasteiger partial charge in [0, 0.05) is 68.8 Å². The lowest BCUT2D eigenvalue weighted by Crippen LogP contribution is -2.54. The number of amides is 1. The lowest BCUT2D eigenvalue weighted by molar-refractivity contribution is -0.126. The van der Waals surface area contributed by atoms with E-state index >= 15 is 0 Å². The molecule has 38 heavy (non-hydrogen) atoms. The van der Waals surface area contributed by atoms with Crippen LogP contribution in [0.3, 0.4) is 0 Å². The number of hydrogen-bond acceptors (Lipinski definition) is 8. The quantitative estimate of drug-likeness (QED) is 0.623. The summed E-state index contributed by atoms with van der Waals surface area (Å²) in [4.78, 5) is 28.5. The summed E-state index contributed by atoms with van der Waals surface area (Å²) in [6.45, 7) is 12.6. The third-order valence-corrected chi connectivity index (χ3v) is 8.26. The van der Waals surface area contributed by atoms with E-state index in [1.165, 1.54) is 0 Å². The molecule has 0 spiro atoms. The molecule has 9 nitrogen and oxygen atoms in total. The number of likely N-dealkylation sites (tertiary alicyclic amines) is 2. The van der Waals surface area contributed by atoms with Crippen LogP contribution in [0.25, 0.3) is 0 Å². The first-order valence-corrected chi connectivity index (χ1v) is 13.7. The first-order chi connectivity index (χ1) is 18.5. The minimum absolute atomic E-state index is 0.0470. The molecule has 1 N–H and O–H groups in total. The number of nitrogens with one attached hydrogen (secondary N) is 1. The van der Waals surface area contributed by atoms with Gasteiger partial charge < -0.3 is 24.6 Å². The molecule has 6 rings (SSSR count). The Bertz CT molecular complexity index is 1270. The molecule has 2 aromatic heterocycles. The van der Waals surface area contributed by atoms with Crippen molar-refractivity contribution in [2.45, 2.75) is 51.7 Å². The minimum atomic E-state index is -0.156. The molecule has 0 bridgehead atoms. The van der Waals surface area contributed by atoms with Crippen molar-refractivity contribution in [1.29, 1.82) is 0 Å². The van der Waals surface area contributed by atoms with Crippen LogP contribution in [0.1, 0.15) is 55.7 Å². The molecule has 3 saturated heterocycles. The lowest BCUT2D eigenvalue weighted by Gasteiger charge is -2.47. The van der Waals surface area contributed by atoms with Crippen LogP contribution >= 0.6 is 0 Å². The number of nitrogens with zero attached hydrogens (tertiary/aromatic N) is 5.